The lowest BCUT2D eigenvalue weighted by Gasteiger charge is -2.18. The molecule has 2 rings (SSSR count). The molecule has 0 unspecified atom stereocenters. The maximum Gasteiger partial charge on any atom is 0.252 e. The highest BCUT2D eigenvalue weighted by Crippen LogP contribution is 2.21. The zero-order valence-corrected chi connectivity index (χ0v) is 9.98. The largest absolute Gasteiger partial charge is 0.315 e. The van der Waals surface area contributed by atoms with Crippen LogP contribution in [0.15, 0.2) is 21.7 Å². The normalized spacial score (nSPS) is 20.0. The summed E-state index contributed by atoms with van der Waals surface area (Å²) in [7, 11) is -3.23. The van der Waals surface area contributed by atoms with Crippen molar-refractivity contribution in [3.05, 3.63) is 17.5 Å². The van der Waals surface area contributed by atoms with Gasteiger partial charge in [-0.1, -0.05) is 6.07 Å². The molecule has 1 aromatic rings. The third-order valence-corrected chi connectivity index (χ3v) is 5.66. The first-order chi connectivity index (χ1) is 7.21. The number of hydrogen-bond donors (Lipinski definition) is 1. The summed E-state index contributed by atoms with van der Waals surface area (Å²) >= 11 is 1.28. The molecule has 1 saturated heterocycles. The van der Waals surface area contributed by atoms with Crippen molar-refractivity contribution >= 4 is 21.4 Å². The van der Waals surface area contributed by atoms with E-state index in [1.54, 1.807) is 21.8 Å². The fourth-order valence-corrected chi connectivity index (χ4v) is 4.22. The first-order valence-corrected chi connectivity index (χ1v) is 7.27. The lowest BCUT2D eigenvalue weighted by molar-refractivity contribution is 0.433. The van der Waals surface area contributed by atoms with Gasteiger partial charge in [0.2, 0.25) is 0 Å². The average Bonchev–Trinajstić information content (AvgIpc) is 2.61. The Morgan fingerprint density at radius 1 is 1.33 bits per heavy atom. The molecule has 0 atom stereocenters. The number of nitrogens with zero attached hydrogens (tertiary/aromatic N) is 1. The van der Waals surface area contributed by atoms with Crippen LogP contribution in [0.25, 0.3) is 0 Å². The van der Waals surface area contributed by atoms with Crippen molar-refractivity contribution in [1.29, 1.82) is 0 Å². The molecule has 15 heavy (non-hydrogen) atoms. The Labute approximate surface area is 94.0 Å². The third kappa shape index (κ3) is 2.39. The molecule has 6 heteroatoms. The van der Waals surface area contributed by atoms with Crippen molar-refractivity contribution in [1.82, 2.24) is 9.62 Å². The molecule has 1 aliphatic heterocycles. The summed E-state index contributed by atoms with van der Waals surface area (Å²) in [6, 6.07) is 3.44. The van der Waals surface area contributed by atoms with Crippen LogP contribution in [0, 0.1) is 0 Å². The van der Waals surface area contributed by atoms with E-state index in [9.17, 15) is 8.42 Å². The van der Waals surface area contributed by atoms with Gasteiger partial charge >= 0.3 is 0 Å². The molecule has 0 aromatic carbocycles. The Morgan fingerprint density at radius 2 is 2.20 bits per heavy atom. The van der Waals surface area contributed by atoms with Gasteiger partial charge in [0, 0.05) is 19.6 Å². The molecule has 2 heterocycles. The fraction of sp³-hybridized carbons (Fsp3) is 0.556. The maximum absolute atomic E-state index is 12.1. The van der Waals surface area contributed by atoms with Crippen LogP contribution in [0.3, 0.4) is 0 Å². The van der Waals surface area contributed by atoms with Gasteiger partial charge in [0.15, 0.2) is 0 Å². The van der Waals surface area contributed by atoms with E-state index in [1.807, 2.05) is 0 Å². The second-order valence-electron chi connectivity index (χ2n) is 3.44. The SMILES string of the molecule is O=S(=O)(c1cccs1)N1CCCNCC1. The van der Waals surface area contributed by atoms with E-state index < -0.39 is 10.0 Å². The second kappa shape index (κ2) is 4.61. The van der Waals surface area contributed by atoms with Crippen LogP contribution in [0.5, 0.6) is 0 Å². The van der Waals surface area contributed by atoms with Crippen LogP contribution >= 0.6 is 11.3 Å². The predicted octanol–water partition coefficient (Wildman–Crippen LogP) is 0.732. The monoisotopic (exact) mass is 246 g/mol. The quantitative estimate of drug-likeness (QED) is 0.837. The summed E-state index contributed by atoms with van der Waals surface area (Å²) in [5.74, 6) is 0. The molecule has 84 valence electrons. The van der Waals surface area contributed by atoms with Crippen molar-refractivity contribution in [2.24, 2.45) is 0 Å². The lowest BCUT2D eigenvalue weighted by Crippen LogP contribution is -2.33. The van der Waals surface area contributed by atoms with E-state index in [2.05, 4.69) is 5.32 Å². The highest BCUT2D eigenvalue weighted by Gasteiger charge is 2.25. The van der Waals surface area contributed by atoms with Crippen LogP contribution < -0.4 is 5.32 Å². The Morgan fingerprint density at radius 3 is 2.93 bits per heavy atom. The van der Waals surface area contributed by atoms with Gasteiger partial charge in [-0.25, -0.2) is 8.42 Å². The number of rotatable bonds is 2. The van der Waals surface area contributed by atoms with Crippen molar-refractivity contribution < 1.29 is 8.42 Å². The van der Waals surface area contributed by atoms with Gasteiger partial charge in [-0.05, 0) is 24.4 Å². The molecule has 0 aliphatic carbocycles. The molecular weight excluding hydrogens is 232 g/mol. The highest BCUT2D eigenvalue weighted by atomic mass is 32.2. The minimum absolute atomic E-state index is 0.449. The number of hydrogen-bond acceptors (Lipinski definition) is 4. The molecule has 0 radical (unpaired) electrons. The highest BCUT2D eigenvalue weighted by molar-refractivity contribution is 7.91. The molecule has 0 spiro atoms. The van der Waals surface area contributed by atoms with Gasteiger partial charge in [-0.3, -0.25) is 0 Å². The van der Waals surface area contributed by atoms with Crippen molar-refractivity contribution in [2.75, 3.05) is 26.2 Å². The smallest absolute Gasteiger partial charge is 0.252 e. The van der Waals surface area contributed by atoms with Crippen molar-refractivity contribution in [2.45, 2.75) is 10.6 Å². The molecular formula is C9H14N2O2S2. The van der Waals surface area contributed by atoms with Gasteiger partial charge in [-0.15, -0.1) is 11.3 Å². The van der Waals surface area contributed by atoms with E-state index in [1.165, 1.54) is 11.3 Å². The lowest BCUT2D eigenvalue weighted by atomic mass is 10.4. The molecule has 0 amide bonds. The van der Waals surface area contributed by atoms with Crippen LogP contribution in [-0.4, -0.2) is 38.9 Å². The Balaban J connectivity index is 2.21. The summed E-state index contributed by atoms with van der Waals surface area (Å²) in [6.07, 6.45) is 0.880. The molecule has 0 bridgehead atoms. The molecule has 1 N–H and O–H groups in total. The summed E-state index contributed by atoms with van der Waals surface area (Å²) in [4.78, 5) is 0. The molecule has 1 aromatic heterocycles. The van der Waals surface area contributed by atoms with E-state index >= 15 is 0 Å². The zero-order valence-electron chi connectivity index (χ0n) is 8.35. The topological polar surface area (TPSA) is 49.4 Å². The fourth-order valence-electron chi connectivity index (χ4n) is 1.60. The standard InChI is InChI=1S/C9H14N2O2S2/c12-15(13,9-3-1-8-14-9)11-6-2-4-10-5-7-11/h1,3,8,10H,2,4-7H2. The Bertz CT molecular complexity index is 392. The van der Waals surface area contributed by atoms with Crippen molar-refractivity contribution in [3.8, 4) is 0 Å². The average molecular weight is 246 g/mol. The minimum atomic E-state index is -3.23. The first kappa shape index (κ1) is 11.1. The molecule has 1 aliphatic rings. The Kier molecular flexibility index (Phi) is 3.40. The maximum atomic E-state index is 12.1. The summed E-state index contributed by atoms with van der Waals surface area (Å²) in [5.41, 5.74) is 0. The van der Waals surface area contributed by atoms with E-state index in [4.69, 9.17) is 0 Å². The van der Waals surface area contributed by atoms with Crippen LogP contribution in [0.4, 0.5) is 0 Å². The summed E-state index contributed by atoms with van der Waals surface area (Å²) < 4.78 is 26.2. The van der Waals surface area contributed by atoms with Gasteiger partial charge < -0.3 is 5.32 Å². The minimum Gasteiger partial charge on any atom is -0.315 e. The van der Waals surface area contributed by atoms with E-state index in [0.29, 0.717) is 17.3 Å². The van der Waals surface area contributed by atoms with Gasteiger partial charge in [0.05, 0.1) is 0 Å². The summed E-state index contributed by atoms with van der Waals surface area (Å²) in [6.45, 7) is 2.83. The first-order valence-electron chi connectivity index (χ1n) is 4.95. The van der Waals surface area contributed by atoms with Gasteiger partial charge in [-0.2, -0.15) is 4.31 Å². The number of sulfonamides is 1. The zero-order chi connectivity index (χ0) is 10.7. The van der Waals surface area contributed by atoms with Crippen LogP contribution in [0.1, 0.15) is 6.42 Å². The van der Waals surface area contributed by atoms with Crippen LogP contribution in [-0.2, 0) is 10.0 Å². The Hall–Kier alpha value is -0.430. The number of nitrogens with one attached hydrogen (secondary N) is 1. The summed E-state index contributed by atoms with van der Waals surface area (Å²) in [5, 5.41) is 4.99. The number of thiophene rings is 1. The predicted molar refractivity (Wildman–Crippen MR) is 60.6 cm³/mol. The van der Waals surface area contributed by atoms with E-state index in [0.717, 1.165) is 19.5 Å². The van der Waals surface area contributed by atoms with Gasteiger partial charge in [0.25, 0.3) is 10.0 Å². The van der Waals surface area contributed by atoms with Crippen LogP contribution in [0.2, 0.25) is 0 Å². The molecule has 1 fully saturated rings. The molecule has 4 nitrogen and oxygen atoms in total. The second-order valence-corrected chi connectivity index (χ2v) is 6.55. The van der Waals surface area contributed by atoms with Gasteiger partial charge in [0.1, 0.15) is 4.21 Å². The molecule has 0 saturated carbocycles. The van der Waals surface area contributed by atoms with E-state index in [-0.39, 0.29) is 0 Å². The van der Waals surface area contributed by atoms with Crippen molar-refractivity contribution in [3.63, 3.8) is 0 Å². The third-order valence-electron chi connectivity index (χ3n) is 2.39.